The van der Waals surface area contributed by atoms with Crippen LogP contribution in [0, 0.1) is 0 Å². The summed E-state index contributed by atoms with van der Waals surface area (Å²) in [5.41, 5.74) is 4.33. The molecule has 0 atom stereocenters. The Labute approximate surface area is 171 Å². The van der Waals surface area contributed by atoms with Crippen LogP contribution in [0.25, 0.3) is 0 Å². The molecule has 0 bridgehead atoms. The summed E-state index contributed by atoms with van der Waals surface area (Å²) < 4.78 is 0. The normalized spacial score (nSPS) is 13.7. The highest BCUT2D eigenvalue weighted by molar-refractivity contribution is 6.03. The molecule has 2 aromatic heterocycles. The third-order valence-corrected chi connectivity index (χ3v) is 5.08. The number of pyridine rings is 2. The van der Waals surface area contributed by atoms with Crippen LogP contribution in [0.4, 0.5) is 17.1 Å². The van der Waals surface area contributed by atoms with Gasteiger partial charge in [-0.05, 0) is 73.4 Å². The minimum atomic E-state index is -0.219. The van der Waals surface area contributed by atoms with Gasteiger partial charge in [0, 0.05) is 55.3 Å². The Bertz CT molecular complexity index is 937. The Kier molecular flexibility index (Phi) is 6.00. The van der Waals surface area contributed by atoms with E-state index in [1.54, 1.807) is 24.7 Å². The number of amides is 1. The second kappa shape index (κ2) is 9.19. The molecule has 1 amide bonds. The second-order valence-electron chi connectivity index (χ2n) is 7.19. The molecule has 0 saturated carbocycles. The molecule has 3 aromatic rings. The Morgan fingerprint density at radius 2 is 1.66 bits per heavy atom. The van der Waals surface area contributed by atoms with E-state index in [0.717, 1.165) is 30.0 Å². The molecule has 0 aliphatic carbocycles. The van der Waals surface area contributed by atoms with E-state index in [1.165, 1.54) is 24.9 Å². The molecule has 0 radical (unpaired) electrons. The molecule has 1 aliphatic rings. The number of hydrogen-bond donors (Lipinski definition) is 2. The second-order valence-corrected chi connectivity index (χ2v) is 7.19. The fourth-order valence-corrected chi connectivity index (χ4v) is 3.47. The van der Waals surface area contributed by atoms with Gasteiger partial charge in [-0.25, -0.2) is 0 Å². The third-order valence-electron chi connectivity index (χ3n) is 5.08. The van der Waals surface area contributed by atoms with Gasteiger partial charge in [0.2, 0.25) is 0 Å². The summed E-state index contributed by atoms with van der Waals surface area (Å²) in [5, 5.41) is 6.24. The average Bonchev–Trinajstić information content (AvgIpc) is 2.80. The Morgan fingerprint density at radius 3 is 2.41 bits per heavy atom. The molecule has 0 spiro atoms. The highest BCUT2D eigenvalue weighted by Gasteiger charge is 2.12. The maximum absolute atomic E-state index is 12.6. The lowest BCUT2D eigenvalue weighted by atomic mass is 10.1. The summed E-state index contributed by atoms with van der Waals surface area (Å²) in [6.07, 6.45) is 8.97. The Morgan fingerprint density at radius 1 is 0.897 bits per heavy atom. The summed E-state index contributed by atoms with van der Waals surface area (Å²) in [4.78, 5) is 23.2. The standard InChI is InChI=1S/C23H25N5O/c29-23(27-19-4-6-21(7-5-19)28-14-2-1-3-15-28)22-16-20(10-13-25-22)26-17-18-8-11-24-12-9-18/h4-13,16H,1-3,14-15,17H2,(H,25,26)(H,27,29). The van der Waals surface area contributed by atoms with Crippen LogP contribution in [0.15, 0.2) is 67.1 Å². The molecule has 29 heavy (non-hydrogen) atoms. The van der Waals surface area contributed by atoms with Crippen molar-refractivity contribution in [2.75, 3.05) is 28.6 Å². The van der Waals surface area contributed by atoms with E-state index in [1.807, 2.05) is 30.3 Å². The maximum atomic E-state index is 12.6. The summed E-state index contributed by atoms with van der Waals surface area (Å²) in [6.45, 7) is 2.87. The highest BCUT2D eigenvalue weighted by atomic mass is 16.1. The van der Waals surface area contributed by atoms with Gasteiger partial charge < -0.3 is 15.5 Å². The summed E-state index contributed by atoms with van der Waals surface area (Å²) in [7, 11) is 0. The predicted molar refractivity (Wildman–Crippen MR) is 116 cm³/mol. The molecule has 4 rings (SSSR count). The molecule has 1 aliphatic heterocycles. The van der Waals surface area contributed by atoms with Crippen LogP contribution in [0.2, 0.25) is 0 Å². The zero-order valence-electron chi connectivity index (χ0n) is 16.3. The quantitative estimate of drug-likeness (QED) is 0.659. The molecule has 148 valence electrons. The van der Waals surface area contributed by atoms with Gasteiger partial charge in [-0.2, -0.15) is 0 Å². The van der Waals surface area contributed by atoms with Crippen molar-refractivity contribution in [1.82, 2.24) is 9.97 Å². The van der Waals surface area contributed by atoms with Crippen molar-refractivity contribution in [2.45, 2.75) is 25.8 Å². The molecular formula is C23H25N5O. The lowest BCUT2D eigenvalue weighted by molar-refractivity contribution is 0.102. The van der Waals surface area contributed by atoms with Crippen molar-refractivity contribution in [1.29, 1.82) is 0 Å². The topological polar surface area (TPSA) is 70.2 Å². The van der Waals surface area contributed by atoms with Gasteiger partial charge in [-0.1, -0.05) is 0 Å². The van der Waals surface area contributed by atoms with Crippen LogP contribution in [0.5, 0.6) is 0 Å². The van der Waals surface area contributed by atoms with Gasteiger partial charge in [0.1, 0.15) is 5.69 Å². The number of rotatable bonds is 6. The average molecular weight is 387 g/mol. The van der Waals surface area contributed by atoms with Gasteiger partial charge in [0.25, 0.3) is 5.91 Å². The molecule has 3 heterocycles. The molecule has 6 heteroatoms. The monoisotopic (exact) mass is 387 g/mol. The highest BCUT2D eigenvalue weighted by Crippen LogP contribution is 2.22. The number of carbonyl (C=O) groups excluding carboxylic acids is 1. The van der Waals surface area contributed by atoms with E-state index in [0.29, 0.717) is 12.2 Å². The van der Waals surface area contributed by atoms with E-state index in [2.05, 4.69) is 37.6 Å². The molecule has 1 aromatic carbocycles. The first-order valence-corrected chi connectivity index (χ1v) is 10.0. The van der Waals surface area contributed by atoms with Crippen LogP contribution < -0.4 is 15.5 Å². The van der Waals surface area contributed by atoms with Gasteiger partial charge >= 0.3 is 0 Å². The van der Waals surface area contributed by atoms with Crippen LogP contribution in [-0.4, -0.2) is 29.0 Å². The lowest BCUT2D eigenvalue weighted by Crippen LogP contribution is -2.29. The Hall–Kier alpha value is -3.41. The van der Waals surface area contributed by atoms with Crippen molar-refractivity contribution in [2.24, 2.45) is 0 Å². The lowest BCUT2D eigenvalue weighted by Gasteiger charge is -2.28. The van der Waals surface area contributed by atoms with Crippen molar-refractivity contribution < 1.29 is 4.79 Å². The Balaban J connectivity index is 1.36. The molecule has 2 N–H and O–H groups in total. The predicted octanol–water partition coefficient (Wildman–Crippen LogP) is 4.33. The first kappa shape index (κ1) is 18.9. The maximum Gasteiger partial charge on any atom is 0.274 e. The van der Waals surface area contributed by atoms with E-state index < -0.39 is 0 Å². The number of benzene rings is 1. The summed E-state index contributed by atoms with van der Waals surface area (Å²) in [5.74, 6) is -0.219. The number of nitrogens with one attached hydrogen (secondary N) is 2. The molecular weight excluding hydrogens is 362 g/mol. The van der Waals surface area contributed by atoms with Crippen molar-refractivity contribution in [3.63, 3.8) is 0 Å². The largest absolute Gasteiger partial charge is 0.381 e. The molecule has 1 saturated heterocycles. The number of anilines is 3. The van der Waals surface area contributed by atoms with Crippen LogP contribution >= 0.6 is 0 Å². The molecule has 0 unspecified atom stereocenters. The number of carbonyl (C=O) groups is 1. The molecule has 1 fully saturated rings. The number of piperidine rings is 1. The van der Waals surface area contributed by atoms with Crippen molar-refractivity contribution in [3.05, 3.63) is 78.4 Å². The number of hydrogen-bond acceptors (Lipinski definition) is 5. The first-order valence-electron chi connectivity index (χ1n) is 10.0. The van der Waals surface area contributed by atoms with E-state index >= 15 is 0 Å². The summed E-state index contributed by atoms with van der Waals surface area (Å²) >= 11 is 0. The van der Waals surface area contributed by atoms with Crippen molar-refractivity contribution >= 4 is 23.0 Å². The first-order chi connectivity index (χ1) is 14.3. The molecule has 6 nitrogen and oxygen atoms in total. The number of nitrogens with zero attached hydrogens (tertiary/aromatic N) is 3. The van der Waals surface area contributed by atoms with Crippen molar-refractivity contribution in [3.8, 4) is 0 Å². The minimum Gasteiger partial charge on any atom is -0.381 e. The van der Waals surface area contributed by atoms with Gasteiger partial charge in [0.15, 0.2) is 0 Å². The van der Waals surface area contributed by atoms with Gasteiger partial charge in [-0.3, -0.25) is 14.8 Å². The smallest absolute Gasteiger partial charge is 0.274 e. The van der Waals surface area contributed by atoms with Crippen LogP contribution in [0.3, 0.4) is 0 Å². The fraction of sp³-hybridized carbons (Fsp3) is 0.261. The van der Waals surface area contributed by atoms with Crippen LogP contribution in [0.1, 0.15) is 35.3 Å². The summed E-state index contributed by atoms with van der Waals surface area (Å²) in [6, 6.07) is 15.6. The van der Waals surface area contributed by atoms with E-state index in [-0.39, 0.29) is 5.91 Å². The van der Waals surface area contributed by atoms with Crippen LogP contribution in [-0.2, 0) is 6.54 Å². The van der Waals surface area contributed by atoms with E-state index in [4.69, 9.17) is 0 Å². The van der Waals surface area contributed by atoms with Gasteiger partial charge in [0.05, 0.1) is 0 Å². The minimum absolute atomic E-state index is 0.219. The van der Waals surface area contributed by atoms with E-state index in [9.17, 15) is 4.79 Å². The fourth-order valence-electron chi connectivity index (χ4n) is 3.47. The zero-order valence-corrected chi connectivity index (χ0v) is 16.3. The SMILES string of the molecule is O=C(Nc1ccc(N2CCCCC2)cc1)c1cc(NCc2ccncc2)ccn1. The third kappa shape index (κ3) is 5.10. The number of aromatic nitrogens is 2. The zero-order chi connectivity index (χ0) is 19.9. The van der Waals surface area contributed by atoms with Gasteiger partial charge in [-0.15, -0.1) is 0 Å².